The molecule has 8 nitrogen and oxygen atoms in total. The summed E-state index contributed by atoms with van der Waals surface area (Å²) in [5.41, 5.74) is 1.99. The number of sulfonamides is 1. The standard InChI is InChI=1S/C33H43ClN2O6S/c1-22-6-3-2-4-15-33(39,20-37)28-11-8-25(28)18-36-19-32(14-5-7-23-16-26(34)10-12-27(23)32)21-42-30-13-9-24(17-29(30)36)31(38)35-43(22,40)41/h9-10,12-13,16-17,22,25,28,37,39H,2-8,11,14-15,18-21H2,1H3,(H,35,38)/t22-,25+,28-,32+,33-/m1/s1. The lowest BCUT2D eigenvalue weighted by Gasteiger charge is -2.49. The molecule has 1 saturated carbocycles. The number of ether oxygens (including phenoxy) is 1. The Morgan fingerprint density at radius 2 is 1.91 bits per heavy atom. The van der Waals surface area contributed by atoms with E-state index in [0.717, 1.165) is 49.2 Å². The minimum atomic E-state index is -3.87. The van der Waals surface area contributed by atoms with Gasteiger partial charge in [-0.2, -0.15) is 0 Å². The van der Waals surface area contributed by atoms with Gasteiger partial charge in [-0.05, 0) is 105 Å². The zero-order valence-electron chi connectivity index (χ0n) is 24.9. The SMILES string of the molecule is C[C@@H]1CCCCC[C@@](O)(CO)[C@@H]2CC[C@H]2CN2C[C@@]3(CCCc4cc(Cl)ccc43)COc3ccc(cc32)C(=O)NS1(=O)=O. The number of aliphatic hydroxyl groups excluding tert-OH is 1. The zero-order chi connectivity index (χ0) is 30.4. The van der Waals surface area contributed by atoms with Crippen molar-refractivity contribution in [3.05, 3.63) is 58.1 Å². The molecule has 2 aromatic carbocycles. The number of anilines is 1. The Morgan fingerprint density at radius 3 is 2.67 bits per heavy atom. The number of fused-ring (bicyclic) bond motifs is 4. The summed E-state index contributed by atoms with van der Waals surface area (Å²) >= 11 is 6.39. The fourth-order valence-electron chi connectivity index (χ4n) is 7.90. The van der Waals surface area contributed by atoms with Crippen molar-refractivity contribution in [3.63, 3.8) is 0 Å². The summed E-state index contributed by atoms with van der Waals surface area (Å²) in [7, 11) is -3.87. The van der Waals surface area contributed by atoms with Crippen LogP contribution in [0.3, 0.4) is 0 Å². The van der Waals surface area contributed by atoms with Crippen molar-refractivity contribution in [2.45, 2.75) is 87.4 Å². The summed E-state index contributed by atoms with van der Waals surface area (Å²) in [5.74, 6) is 0.116. The van der Waals surface area contributed by atoms with Gasteiger partial charge in [-0.3, -0.25) is 4.79 Å². The molecule has 0 aromatic heterocycles. The van der Waals surface area contributed by atoms with Crippen LogP contribution in [0.25, 0.3) is 0 Å². The highest BCUT2D eigenvalue weighted by Crippen LogP contribution is 2.48. The highest BCUT2D eigenvalue weighted by Gasteiger charge is 2.48. The molecule has 2 aromatic rings. The van der Waals surface area contributed by atoms with E-state index >= 15 is 0 Å². The topological polar surface area (TPSA) is 116 Å². The Balaban J connectivity index is 1.42. The second-order valence-electron chi connectivity index (χ2n) is 13.4. The largest absolute Gasteiger partial charge is 0.490 e. The van der Waals surface area contributed by atoms with Gasteiger partial charge in [0.1, 0.15) is 5.75 Å². The molecule has 0 unspecified atom stereocenters. The van der Waals surface area contributed by atoms with Gasteiger partial charge in [-0.15, -0.1) is 0 Å². The Labute approximate surface area is 259 Å². The summed E-state index contributed by atoms with van der Waals surface area (Å²) in [6, 6.07) is 11.3. The second-order valence-corrected chi connectivity index (χ2v) is 15.9. The maximum atomic E-state index is 13.3. The van der Waals surface area contributed by atoms with E-state index in [9.17, 15) is 23.4 Å². The molecule has 2 heterocycles. The molecule has 6 rings (SSSR count). The van der Waals surface area contributed by atoms with Crippen LogP contribution < -0.4 is 14.4 Å². The smallest absolute Gasteiger partial charge is 0.264 e. The predicted octanol–water partition coefficient (Wildman–Crippen LogP) is 4.97. The molecule has 2 aliphatic carbocycles. The van der Waals surface area contributed by atoms with Gasteiger partial charge in [-0.1, -0.05) is 36.9 Å². The number of nitrogens with zero attached hydrogens (tertiary/aromatic N) is 1. The number of aliphatic hydroxyl groups is 2. The molecule has 1 fully saturated rings. The third kappa shape index (κ3) is 5.90. The van der Waals surface area contributed by atoms with Crippen LogP contribution in [0.2, 0.25) is 5.02 Å². The molecular formula is C33H43ClN2O6S. The van der Waals surface area contributed by atoms with E-state index in [0.29, 0.717) is 51.1 Å². The van der Waals surface area contributed by atoms with Crippen LogP contribution in [-0.4, -0.2) is 61.7 Å². The third-order valence-electron chi connectivity index (χ3n) is 10.6. The van der Waals surface area contributed by atoms with Gasteiger partial charge in [0.15, 0.2) is 0 Å². The summed E-state index contributed by atoms with van der Waals surface area (Å²) in [6.07, 6.45) is 7.67. The van der Waals surface area contributed by atoms with Gasteiger partial charge in [0, 0.05) is 29.1 Å². The molecule has 2 bridgehead atoms. The maximum absolute atomic E-state index is 13.3. The van der Waals surface area contributed by atoms with Crippen molar-refractivity contribution in [1.82, 2.24) is 4.72 Å². The van der Waals surface area contributed by atoms with Crippen molar-refractivity contribution in [2.75, 3.05) is 31.2 Å². The average molecular weight is 631 g/mol. The first kappa shape index (κ1) is 30.7. The quantitative estimate of drug-likeness (QED) is 0.407. The first-order chi connectivity index (χ1) is 20.5. The van der Waals surface area contributed by atoms with Crippen LogP contribution in [0, 0.1) is 11.8 Å². The van der Waals surface area contributed by atoms with E-state index in [1.807, 2.05) is 6.07 Å². The highest BCUT2D eigenvalue weighted by molar-refractivity contribution is 7.90. The number of carbonyl (C=O) groups excluding carboxylic acids is 1. The van der Waals surface area contributed by atoms with E-state index in [-0.39, 0.29) is 29.4 Å². The molecule has 2 aliphatic heterocycles. The van der Waals surface area contributed by atoms with Gasteiger partial charge in [0.2, 0.25) is 10.0 Å². The molecule has 1 spiro atoms. The molecule has 5 atom stereocenters. The van der Waals surface area contributed by atoms with Gasteiger partial charge >= 0.3 is 0 Å². The molecule has 10 heteroatoms. The van der Waals surface area contributed by atoms with E-state index in [1.54, 1.807) is 25.1 Å². The molecular weight excluding hydrogens is 588 g/mol. The second kappa shape index (κ2) is 11.9. The summed E-state index contributed by atoms with van der Waals surface area (Å²) in [5, 5.41) is 22.0. The van der Waals surface area contributed by atoms with Crippen molar-refractivity contribution in [1.29, 1.82) is 0 Å². The normalized spacial score (nSPS) is 32.7. The minimum Gasteiger partial charge on any atom is -0.490 e. The van der Waals surface area contributed by atoms with Crippen molar-refractivity contribution in [3.8, 4) is 5.75 Å². The van der Waals surface area contributed by atoms with E-state index < -0.39 is 26.8 Å². The van der Waals surface area contributed by atoms with E-state index in [1.165, 1.54) is 11.1 Å². The Hall–Kier alpha value is -2.33. The van der Waals surface area contributed by atoms with Crippen LogP contribution >= 0.6 is 11.6 Å². The Bertz CT molecular complexity index is 1480. The van der Waals surface area contributed by atoms with Crippen LogP contribution in [0.15, 0.2) is 36.4 Å². The first-order valence-corrected chi connectivity index (χ1v) is 17.7. The molecule has 0 radical (unpaired) electrons. The predicted molar refractivity (Wildman–Crippen MR) is 167 cm³/mol. The molecule has 1 amide bonds. The third-order valence-corrected chi connectivity index (χ3v) is 12.6. The number of carbonyl (C=O) groups is 1. The average Bonchev–Trinajstić information content (AvgIpc) is 3.11. The fourth-order valence-corrected chi connectivity index (χ4v) is 9.15. The Morgan fingerprint density at radius 1 is 1.07 bits per heavy atom. The lowest BCUT2D eigenvalue weighted by molar-refractivity contribution is -0.117. The number of halogens is 1. The van der Waals surface area contributed by atoms with E-state index in [4.69, 9.17) is 16.3 Å². The molecule has 4 aliphatic rings. The van der Waals surface area contributed by atoms with Crippen LogP contribution in [-0.2, 0) is 21.9 Å². The zero-order valence-corrected chi connectivity index (χ0v) is 26.4. The number of amides is 1. The van der Waals surface area contributed by atoms with Gasteiger partial charge in [-0.25, -0.2) is 13.1 Å². The molecule has 3 N–H and O–H groups in total. The maximum Gasteiger partial charge on any atom is 0.264 e. The van der Waals surface area contributed by atoms with Crippen LogP contribution in [0.1, 0.15) is 86.2 Å². The lowest BCUT2D eigenvalue weighted by Crippen LogP contribution is -2.54. The van der Waals surface area contributed by atoms with Gasteiger partial charge < -0.3 is 19.8 Å². The fraction of sp³-hybridized carbons (Fsp3) is 0.606. The summed E-state index contributed by atoms with van der Waals surface area (Å²) in [6.45, 7) is 3.08. The molecule has 234 valence electrons. The van der Waals surface area contributed by atoms with Crippen molar-refractivity contribution < 1.29 is 28.2 Å². The summed E-state index contributed by atoms with van der Waals surface area (Å²) < 4.78 is 34.9. The number of rotatable bonds is 1. The number of aryl methyl sites for hydroxylation is 1. The van der Waals surface area contributed by atoms with Crippen molar-refractivity contribution >= 4 is 33.2 Å². The van der Waals surface area contributed by atoms with Crippen molar-refractivity contribution in [2.24, 2.45) is 11.8 Å². The molecule has 43 heavy (non-hydrogen) atoms. The molecule has 0 saturated heterocycles. The monoisotopic (exact) mass is 630 g/mol. The highest BCUT2D eigenvalue weighted by atomic mass is 35.5. The van der Waals surface area contributed by atoms with Gasteiger partial charge in [0.25, 0.3) is 5.91 Å². The minimum absolute atomic E-state index is 0.0417. The number of nitrogens with one attached hydrogen (secondary N) is 1. The number of hydrogen-bond donors (Lipinski definition) is 3. The van der Waals surface area contributed by atoms with Gasteiger partial charge in [0.05, 0.1) is 29.8 Å². The lowest BCUT2D eigenvalue weighted by atomic mass is 9.63. The van der Waals surface area contributed by atoms with Crippen LogP contribution in [0.4, 0.5) is 5.69 Å². The first-order valence-electron chi connectivity index (χ1n) is 15.7. The Kier molecular flexibility index (Phi) is 8.48. The summed E-state index contributed by atoms with van der Waals surface area (Å²) in [4.78, 5) is 15.6. The number of benzene rings is 2. The van der Waals surface area contributed by atoms with Crippen LogP contribution in [0.5, 0.6) is 5.75 Å². The van der Waals surface area contributed by atoms with E-state index in [2.05, 4.69) is 21.8 Å². The number of hydrogen-bond acceptors (Lipinski definition) is 7.